The summed E-state index contributed by atoms with van der Waals surface area (Å²) in [6, 6.07) is 5.86. The van der Waals surface area contributed by atoms with Gasteiger partial charge in [0.1, 0.15) is 11.6 Å². The lowest BCUT2D eigenvalue weighted by Crippen LogP contribution is -2.24. The highest BCUT2D eigenvalue weighted by Crippen LogP contribution is 2.24. The van der Waals surface area contributed by atoms with Crippen LogP contribution in [0.5, 0.6) is 0 Å². The van der Waals surface area contributed by atoms with E-state index in [1.165, 1.54) is 23.9 Å². The maximum Gasteiger partial charge on any atom is 0.232 e. The van der Waals surface area contributed by atoms with Gasteiger partial charge in [0, 0.05) is 5.69 Å². The van der Waals surface area contributed by atoms with Crippen LogP contribution >= 0.6 is 11.8 Å². The second-order valence-electron chi connectivity index (χ2n) is 6.40. The molecule has 26 heavy (non-hydrogen) atoms. The summed E-state index contributed by atoms with van der Waals surface area (Å²) in [5.74, 6) is 0.960. The van der Waals surface area contributed by atoms with Gasteiger partial charge in [0.15, 0.2) is 0 Å². The third-order valence-corrected chi connectivity index (χ3v) is 4.12. The zero-order chi connectivity index (χ0) is 18.7. The summed E-state index contributed by atoms with van der Waals surface area (Å²) >= 11 is 1.40. The Hall–Kier alpha value is -2.82. The number of halogens is 1. The minimum Gasteiger partial charge on any atom is -0.368 e. The third kappa shape index (κ3) is 4.42. The summed E-state index contributed by atoms with van der Waals surface area (Å²) in [7, 11) is 0. The molecule has 0 fully saturated rings. The molecule has 3 N–H and O–H groups in total. The molecule has 0 aliphatic heterocycles. The number of hydrogen-bond acceptors (Lipinski definition) is 9. The van der Waals surface area contributed by atoms with Crippen molar-refractivity contribution in [3.63, 3.8) is 0 Å². The average Bonchev–Trinajstić information content (AvgIpc) is 3.04. The van der Waals surface area contributed by atoms with Crippen LogP contribution in [0.15, 0.2) is 29.4 Å². The van der Waals surface area contributed by atoms with E-state index in [2.05, 4.69) is 35.8 Å². The number of tetrazole rings is 1. The van der Waals surface area contributed by atoms with Gasteiger partial charge in [-0.2, -0.15) is 15.0 Å². The molecule has 0 saturated carbocycles. The number of nitrogen functional groups attached to an aromatic ring is 1. The van der Waals surface area contributed by atoms with Gasteiger partial charge in [0.25, 0.3) is 0 Å². The van der Waals surface area contributed by atoms with Crippen LogP contribution in [0.2, 0.25) is 0 Å². The van der Waals surface area contributed by atoms with Gasteiger partial charge >= 0.3 is 0 Å². The Balaban J connectivity index is 1.74. The molecule has 2 heterocycles. The van der Waals surface area contributed by atoms with Gasteiger partial charge in [-0.05, 0) is 55.5 Å². The molecule has 9 nitrogen and oxygen atoms in total. The first-order chi connectivity index (χ1) is 12.3. The number of nitrogens with one attached hydrogen (secondary N) is 1. The molecule has 0 aliphatic rings. The number of rotatable bonds is 5. The minimum atomic E-state index is -0.320. The summed E-state index contributed by atoms with van der Waals surface area (Å²) < 4.78 is 14.7. The fraction of sp³-hybridized carbons (Fsp3) is 0.333. The van der Waals surface area contributed by atoms with Crippen LogP contribution in [0.3, 0.4) is 0 Å². The van der Waals surface area contributed by atoms with Crippen LogP contribution in [0.1, 0.15) is 26.6 Å². The molecule has 3 rings (SSSR count). The molecule has 0 saturated heterocycles. The summed E-state index contributed by atoms with van der Waals surface area (Å²) in [5, 5.41) is 15.4. The van der Waals surface area contributed by atoms with E-state index >= 15 is 0 Å². The Bertz CT molecular complexity index is 889. The van der Waals surface area contributed by atoms with Gasteiger partial charge in [-0.3, -0.25) is 0 Å². The van der Waals surface area contributed by atoms with Crippen LogP contribution in [0, 0.1) is 5.82 Å². The minimum absolute atomic E-state index is 0.0932. The quantitative estimate of drug-likeness (QED) is 0.647. The Morgan fingerprint density at radius 1 is 1.15 bits per heavy atom. The lowest BCUT2D eigenvalue weighted by molar-refractivity contribution is 0.321. The highest BCUT2D eigenvalue weighted by molar-refractivity contribution is 7.98. The van der Waals surface area contributed by atoms with Gasteiger partial charge in [-0.1, -0.05) is 11.8 Å². The number of nitrogens with two attached hydrogens (primary N) is 1. The molecule has 11 heteroatoms. The molecule has 136 valence electrons. The Morgan fingerprint density at radius 3 is 2.58 bits per heavy atom. The van der Waals surface area contributed by atoms with E-state index in [1.807, 2.05) is 20.8 Å². The molecule has 0 atom stereocenters. The van der Waals surface area contributed by atoms with Gasteiger partial charge in [-0.15, -0.1) is 5.10 Å². The van der Waals surface area contributed by atoms with Crippen molar-refractivity contribution in [3.05, 3.63) is 35.9 Å². The summed E-state index contributed by atoms with van der Waals surface area (Å²) in [6.45, 7) is 6.04. The first-order valence-electron chi connectivity index (χ1n) is 7.76. The maximum absolute atomic E-state index is 13.0. The van der Waals surface area contributed by atoms with Crippen molar-refractivity contribution in [2.75, 3.05) is 11.1 Å². The van der Waals surface area contributed by atoms with E-state index in [4.69, 9.17) is 5.73 Å². The van der Waals surface area contributed by atoms with E-state index in [1.54, 1.807) is 16.8 Å². The van der Waals surface area contributed by atoms with E-state index in [9.17, 15) is 4.39 Å². The summed E-state index contributed by atoms with van der Waals surface area (Å²) in [5.41, 5.74) is 6.18. The van der Waals surface area contributed by atoms with Crippen molar-refractivity contribution in [2.24, 2.45) is 0 Å². The lowest BCUT2D eigenvalue weighted by Gasteiger charge is -2.19. The first-order valence-corrected chi connectivity index (χ1v) is 8.74. The van der Waals surface area contributed by atoms with Crippen molar-refractivity contribution >= 4 is 29.3 Å². The van der Waals surface area contributed by atoms with Gasteiger partial charge < -0.3 is 11.1 Å². The van der Waals surface area contributed by atoms with Crippen LogP contribution in [0.25, 0.3) is 0 Å². The molecule has 2 aromatic heterocycles. The Morgan fingerprint density at radius 2 is 1.88 bits per heavy atom. The van der Waals surface area contributed by atoms with E-state index < -0.39 is 0 Å². The second kappa shape index (κ2) is 7.20. The smallest absolute Gasteiger partial charge is 0.232 e. The van der Waals surface area contributed by atoms with E-state index in [0.717, 1.165) is 0 Å². The zero-order valence-electron chi connectivity index (χ0n) is 14.5. The number of benzene rings is 1. The molecular weight excluding hydrogens is 357 g/mol. The first kappa shape index (κ1) is 18.0. The van der Waals surface area contributed by atoms with Crippen molar-refractivity contribution in [1.29, 1.82) is 0 Å². The number of nitrogens with zero attached hydrogens (tertiary/aromatic N) is 7. The van der Waals surface area contributed by atoms with Crippen LogP contribution in [-0.2, 0) is 11.3 Å². The normalized spacial score (nSPS) is 11.5. The maximum atomic E-state index is 13.0. The fourth-order valence-electron chi connectivity index (χ4n) is 2.04. The van der Waals surface area contributed by atoms with Crippen molar-refractivity contribution in [2.45, 2.75) is 37.2 Å². The molecule has 1 aromatic carbocycles. The molecule has 0 spiro atoms. The molecule has 3 aromatic rings. The number of anilines is 3. The highest BCUT2D eigenvalue weighted by atomic mass is 32.2. The predicted octanol–water partition coefficient (Wildman–Crippen LogP) is 2.37. The van der Waals surface area contributed by atoms with Crippen molar-refractivity contribution < 1.29 is 4.39 Å². The molecular formula is C15H18FN9S. The summed E-state index contributed by atoms with van der Waals surface area (Å²) in [4.78, 5) is 12.5. The topological polar surface area (TPSA) is 120 Å². The van der Waals surface area contributed by atoms with Crippen molar-refractivity contribution in [3.8, 4) is 0 Å². The van der Waals surface area contributed by atoms with Crippen molar-refractivity contribution in [1.82, 2.24) is 35.2 Å². The molecule has 0 amide bonds. The van der Waals surface area contributed by atoms with Gasteiger partial charge in [0.2, 0.25) is 17.1 Å². The number of aromatic nitrogens is 7. The molecule has 0 bridgehead atoms. The molecule has 0 unspecified atom stereocenters. The lowest BCUT2D eigenvalue weighted by atomic mass is 10.1. The van der Waals surface area contributed by atoms with Crippen LogP contribution in [0.4, 0.5) is 22.0 Å². The van der Waals surface area contributed by atoms with Crippen LogP contribution < -0.4 is 11.1 Å². The zero-order valence-corrected chi connectivity index (χ0v) is 15.3. The van der Waals surface area contributed by atoms with E-state index in [-0.39, 0.29) is 23.3 Å². The second-order valence-corrected chi connectivity index (χ2v) is 7.34. The SMILES string of the molecule is CC(C)(C)n1nnnc1SCc1nc(N)nc(Nc2ccc(F)cc2)n1. The number of thioether (sulfide) groups is 1. The van der Waals surface area contributed by atoms with Gasteiger partial charge in [-0.25, -0.2) is 9.07 Å². The van der Waals surface area contributed by atoms with E-state index in [0.29, 0.717) is 22.4 Å². The molecule has 0 radical (unpaired) electrons. The van der Waals surface area contributed by atoms with Gasteiger partial charge in [0.05, 0.1) is 11.3 Å². The number of hydrogen-bond donors (Lipinski definition) is 2. The fourth-order valence-corrected chi connectivity index (χ4v) is 2.95. The third-order valence-electron chi connectivity index (χ3n) is 3.21. The predicted molar refractivity (Wildman–Crippen MR) is 96.3 cm³/mol. The standard InChI is InChI=1S/C15H18FN9S/c1-15(2,3)25-14(22-23-24-25)26-8-11-19-12(17)21-13(20-11)18-10-6-4-9(16)5-7-10/h4-7H,8H2,1-3H3,(H3,17,18,19,20,21). The Kier molecular flexibility index (Phi) is 4.98. The monoisotopic (exact) mass is 375 g/mol. The average molecular weight is 375 g/mol. The Labute approximate surface area is 153 Å². The largest absolute Gasteiger partial charge is 0.368 e. The summed E-state index contributed by atoms with van der Waals surface area (Å²) in [6.07, 6.45) is 0. The molecule has 0 aliphatic carbocycles. The van der Waals surface area contributed by atoms with Crippen LogP contribution in [-0.4, -0.2) is 35.2 Å². The highest BCUT2D eigenvalue weighted by Gasteiger charge is 2.20.